The van der Waals surface area contributed by atoms with Crippen LogP contribution in [0.3, 0.4) is 0 Å². The molecule has 0 amide bonds. The Morgan fingerprint density at radius 2 is 1.71 bits per heavy atom. The van der Waals surface area contributed by atoms with E-state index in [1.54, 1.807) is 0 Å². The van der Waals surface area contributed by atoms with Gasteiger partial charge in [-0.15, -0.1) is 0 Å². The summed E-state index contributed by atoms with van der Waals surface area (Å²) < 4.78 is 0. The van der Waals surface area contributed by atoms with Crippen LogP contribution in [0.5, 0.6) is 0 Å². The summed E-state index contributed by atoms with van der Waals surface area (Å²) in [4.78, 5) is 0. The summed E-state index contributed by atoms with van der Waals surface area (Å²) >= 11 is 0. The molecule has 0 heterocycles. The Labute approximate surface area is 129 Å². The first-order valence-corrected chi connectivity index (χ1v) is 7.87. The zero-order valence-electron chi connectivity index (χ0n) is 13.7. The molecule has 0 aromatic heterocycles. The van der Waals surface area contributed by atoms with Gasteiger partial charge in [0.1, 0.15) is 0 Å². The predicted octanol–water partition coefficient (Wildman–Crippen LogP) is 4.98. The Hall–Kier alpha value is -1.60. The summed E-state index contributed by atoms with van der Waals surface area (Å²) in [6.07, 6.45) is 2.28. The maximum atomic E-state index is 6.58. The van der Waals surface area contributed by atoms with Gasteiger partial charge in [0.05, 0.1) is 6.04 Å². The summed E-state index contributed by atoms with van der Waals surface area (Å²) in [5.74, 6) is 0. The molecule has 2 N–H and O–H groups in total. The summed E-state index contributed by atoms with van der Waals surface area (Å²) in [5.41, 5.74) is 11.8. The van der Waals surface area contributed by atoms with Crippen LogP contribution in [0.25, 0.3) is 0 Å². The van der Waals surface area contributed by atoms with Crippen LogP contribution < -0.4 is 5.73 Å². The van der Waals surface area contributed by atoms with Gasteiger partial charge in [0.25, 0.3) is 0 Å². The second kappa shape index (κ2) is 6.44. The number of benzene rings is 2. The molecule has 21 heavy (non-hydrogen) atoms. The summed E-state index contributed by atoms with van der Waals surface area (Å²) in [6.45, 7) is 8.94. The molecule has 1 heteroatoms. The Balaban J connectivity index is 2.41. The van der Waals surface area contributed by atoms with E-state index in [0.29, 0.717) is 0 Å². The van der Waals surface area contributed by atoms with Gasteiger partial charge in [0.15, 0.2) is 0 Å². The second-order valence-corrected chi connectivity index (χ2v) is 6.81. The maximum absolute atomic E-state index is 6.58. The summed E-state index contributed by atoms with van der Waals surface area (Å²) in [7, 11) is 0. The number of nitrogens with two attached hydrogens (primary N) is 1. The minimum absolute atomic E-state index is 0.0581. The van der Waals surface area contributed by atoms with Crippen molar-refractivity contribution in [2.24, 2.45) is 5.73 Å². The van der Waals surface area contributed by atoms with Gasteiger partial charge < -0.3 is 5.73 Å². The van der Waals surface area contributed by atoms with Gasteiger partial charge in [0.2, 0.25) is 0 Å². The Morgan fingerprint density at radius 3 is 2.38 bits per heavy atom. The Bertz CT molecular complexity index is 593. The molecule has 2 aromatic carbocycles. The van der Waals surface area contributed by atoms with Gasteiger partial charge in [-0.05, 0) is 34.1 Å². The highest BCUT2D eigenvalue weighted by Gasteiger charge is 2.21. The average Bonchev–Trinajstić information content (AvgIpc) is 2.46. The third-order valence-corrected chi connectivity index (χ3v) is 3.95. The van der Waals surface area contributed by atoms with E-state index in [1.807, 2.05) is 0 Å². The predicted molar refractivity (Wildman–Crippen MR) is 91.6 cm³/mol. The van der Waals surface area contributed by atoms with Crippen LogP contribution in [0.2, 0.25) is 0 Å². The summed E-state index contributed by atoms with van der Waals surface area (Å²) in [6, 6.07) is 17.2. The highest BCUT2D eigenvalue weighted by Crippen LogP contribution is 2.31. The largest absolute Gasteiger partial charge is 0.320 e. The van der Waals surface area contributed by atoms with E-state index in [2.05, 4.69) is 76.2 Å². The monoisotopic (exact) mass is 281 g/mol. The van der Waals surface area contributed by atoms with Crippen LogP contribution in [-0.2, 0) is 11.8 Å². The van der Waals surface area contributed by atoms with Crippen molar-refractivity contribution in [2.75, 3.05) is 0 Å². The van der Waals surface area contributed by atoms with E-state index >= 15 is 0 Å². The van der Waals surface area contributed by atoms with Crippen molar-refractivity contribution in [3.8, 4) is 0 Å². The van der Waals surface area contributed by atoms with Gasteiger partial charge >= 0.3 is 0 Å². The standard InChI is InChI=1S/C20H27N/c1-5-9-15-10-8-11-16(14-15)19(21)17-12-6-7-13-18(17)20(2,3)4/h6-8,10-14,19H,5,9,21H2,1-4H3. The zero-order valence-corrected chi connectivity index (χ0v) is 13.7. The molecule has 0 saturated heterocycles. The minimum atomic E-state index is -0.0581. The maximum Gasteiger partial charge on any atom is 0.0554 e. The van der Waals surface area contributed by atoms with Crippen LogP contribution in [0, 0.1) is 0 Å². The summed E-state index contributed by atoms with van der Waals surface area (Å²) in [5, 5.41) is 0. The molecule has 0 aliphatic carbocycles. The first-order chi connectivity index (χ1) is 9.93. The third kappa shape index (κ3) is 3.74. The van der Waals surface area contributed by atoms with Crippen LogP contribution in [0.4, 0.5) is 0 Å². The fraction of sp³-hybridized carbons (Fsp3) is 0.400. The molecule has 0 aliphatic heterocycles. The van der Waals surface area contributed by atoms with Crippen LogP contribution in [-0.4, -0.2) is 0 Å². The molecule has 2 rings (SSSR count). The van der Waals surface area contributed by atoms with Gasteiger partial charge in [0, 0.05) is 0 Å². The van der Waals surface area contributed by atoms with Gasteiger partial charge in [-0.25, -0.2) is 0 Å². The molecule has 0 spiro atoms. The molecule has 0 bridgehead atoms. The van der Waals surface area contributed by atoms with Crippen LogP contribution in [0.1, 0.15) is 62.4 Å². The lowest BCUT2D eigenvalue weighted by atomic mass is 9.80. The number of hydrogen-bond acceptors (Lipinski definition) is 1. The molecule has 0 saturated carbocycles. The SMILES string of the molecule is CCCc1cccc(C(N)c2ccccc2C(C)(C)C)c1. The Morgan fingerprint density at radius 1 is 1.00 bits per heavy atom. The quantitative estimate of drug-likeness (QED) is 0.840. The normalized spacial score (nSPS) is 13.2. The molecular weight excluding hydrogens is 254 g/mol. The first-order valence-electron chi connectivity index (χ1n) is 7.87. The highest BCUT2D eigenvalue weighted by atomic mass is 14.6. The highest BCUT2D eigenvalue weighted by molar-refractivity contribution is 5.41. The third-order valence-electron chi connectivity index (χ3n) is 3.95. The van der Waals surface area contributed by atoms with Crippen LogP contribution >= 0.6 is 0 Å². The van der Waals surface area contributed by atoms with Crippen molar-refractivity contribution in [3.05, 3.63) is 70.8 Å². The lowest BCUT2D eigenvalue weighted by Crippen LogP contribution is -2.20. The number of hydrogen-bond donors (Lipinski definition) is 1. The molecule has 0 radical (unpaired) electrons. The molecule has 1 nitrogen and oxygen atoms in total. The molecular formula is C20H27N. The van der Waals surface area contributed by atoms with E-state index in [9.17, 15) is 0 Å². The van der Waals surface area contributed by atoms with Gasteiger partial charge in [-0.2, -0.15) is 0 Å². The molecule has 1 unspecified atom stereocenters. The van der Waals surface area contributed by atoms with Crippen molar-refractivity contribution >= 4 is 0 Å². The first kappa shape index (κ1) is 15.8. The van der Waals surface area contributed by atoms with Crippen molar-refractivity contribution in [3.63, 3.8) is 0 Å². The van der Waals surface area contributed by atoms with Crippen molar-refractivity contribution in [2.45, 2.75) is 52.0 Å². The number of rotatable bonds is 4. The lowest BCUT2D eigenvalue weighted by molar-refractivity contribution is 0.578. The topological polar surface area (TPSA) is 26.0 Å². The smallest absolute Gasteiger partial charge is 0.0554 e. The van der Waals surface area contributed by atoms with E-state index in [0.717, 1.165) is 12.8 Å². The molecule has 0 aliphatic rings. The molecule has 0 fully saturated rings. The lowest BCUT2D eigenvalue weighted by Gasteiger charge is -2.26. The Kier molecular flexibility index (Phi) is 4.84. The van der Waals surface area contributed by atoms with E-state index in [1.165, 1.54) is 22.3 Å². The molecule has 2 aromatic rings. The molecule has 1 atom stereocenters. The average molecular weight is 281 g/mol. The second-order valence-electron chi connectivity index (χ2n) is 6.81. The van der Waals surface area contributed by atoms with E-state index < -0.39 is 0 Å². The molecule has 112 valence electrons. The van der Waals surface area contributed by atoms with E-state index in [-0.39, 0.29) is 11.5 Å². The fourth-order valence-electron chi connectivity index (χ4n) is 2.86. The van der Waals surface area contributed by atoms with Gasteiger partial charge in [-0.1, -0.05) is 82.6 Å². The fourth-order valence-corrected chi connectivity index (χ4v) is 2.86. The van der Waals surface area contributed by atoms with Gasteiger partial charge in [-0.3, -0.25) is 0 Å². The minimum Gasteiger partial charge on any atom is -0.320 e. The van der Waals surface area contributed by atoms with Crippen molar-refractivity contribution < 1.29 is 0 Å². The van der Waals surface area contributed by atoms with Crippen molar-refractivity contribution in [1.82, 2.24) is 0 Å². The van der Waals surface area contributed by atoms with Crippen molar-refractivity contribution in [1.29, 1.82) is 0 Å². The zero-order chi connectivity index (χ0) is 15.5. The van der Waals surface area contributed by atoms with Crippen LogP contribution in [0.15, 0.2) is 48.5 Å². The number of aryl methyl sites for hydroxylation is 1. The van der Waals surface area contributed by atoms with E-state index in [4.69, 9.17) is 5.73 Å².